The van der Waals surface area contributed by atoms with Crippen molar-refractivity contribution >= 4 is 35.6 Å². The van der Waals surface area contributed by atoms with Gasteiger partial charge < -0.3 is 24.8 Å². The topological polar surface area (TPSA) is 129 Å². The Hall–Kier alpha value is -3.41. The fourth-order valence-electron chi connectivity index (χ4n) is 5.78. The molecule has 3 amide bonds. The number of aliphatic imine (C=N–C) groups is 1. The van der Waals surface area contributed by atoms with Crippen molar-refractivity contribution in [2.24, 2.45) is 16.8 Å². The summed E-state index contributed by atoms with van der Waals surface area (Å²) >= 11 is 0. The number of morpholine rings is 1. The lowest BCUT2D eigenvalue weighted by atomic mass is 9.87. The van der Waals surface area contributed by atoms with E-state index >= 15 is 0 Å². The maximum atomic E-state index is 13.4. The van der Waals surface area contributed by atoms with E-state index in [2.05, 4.69) is 10.3 Å². The molecule has 38 heavy (non-hydrogen) atoms. The Balaban J connectivity index is 1.58. The molecule has 4 rings (SSSR count). The van der Waals surface area contributed by atoms with Crippen LogP contribution in [-0.2, 0) is 28.7 Å². The van der Waals surface area contributed by atoms with Gasteiger partial charge in [-0.1, -0.05) is 6.08 Å². The van der Waals surface area contributed by atoms with Crippen LogP contribution in [-0.4, -0.2) is 115 Å². The number of nitrogens with zero attached hydrogens (tertiary/aromatic N) is 4. The summed E-state index contributed by atoms with van der Waals surface area (Å²) in [5.74, 6) is -3.02. The van der Waals surface area contributed by atoms with Gasteiger partial charge in [0.15, 0.2) is 12.3 Å². The molecule has 11 nitrogen and oxygen atoms in total. The number of rotatable bonds is 7. The van der Waals surface area contributed by atoms with Crippen molar-refractivity contribution in [1.29, 1.82) is 0 Å². The molecule has 1 N–H and O–H groups in total. The molecule has 2 saturated heterocycles. The van der Waals surface area contributed by atoms with Crippen LogP contribution in [0.2, 0.25) is 0 Å². The Morgan fingerprint density at radius 3 is 2.71 bits per heavy atom. The molecular weight excluding hydrogens is 497 g/mol. The molecule has 0 spiro atoms. The first-order valence-corrected chi connectivity index (χ1v) is 12.9. The van der Waals surface area contributed by atoms with Gasteiger partial charge in [0.05, 0.1) is 13.2 Å². The summed E-state index contributed by atoms with van der Waals surface area (Å²) in [6, 6.07) is -1.64. The van der Waals surface area contributed by atoms with Crippen molar-refractivity contribution in [2.45, 2.75) is 37.3 Å². The molecule has 0 aromatic heterocycles. The van der Waals surface area contributed by atoms with Crippen molar-refractivity contribution in [3.8, 4) is 0 Å². The van der Waals surface area contributed by atoms with Gasteiger partial charge in [-0.3, -0.25) is 24.0 Å². The third kappa shape index (κ3) is 5.54. The van der Waals surface area contributed by atoms with Crippen LogP contribution in [0.4, 0.5) is 4.39 Å². The second kappa shape index (κ2) is 11.5. The number of piperidine rings is 1. The molecule has 3 fully saturated rings. The maximum absolute atomic E-state index is 13.4. The minimum Gasteiger partial charge on any atom is -0.378 e. The number of hydrogen-bond acceptors (Lipinski definition) is 7. The molecular formula is C26H34FN5O6. The summed E-state index contributed by atoms with van der Waals surface area (Å²) in [5, 5.41) is 2.66. The number of ether oxygens (including phenoxy) is 1. The van der Waals surface area contributed by atoms with Crippen molar-refractivity contribution in [3.05, 3.63) is 24.1 Å². The number of allylic oxidation sites excluding steroid dienone is 3. The number of halogens is 1. The molecule has 12 heteroatoms. The highest BCUT2D eigenvalue weighted by molar-refractivity contribution is 6.36. The molecule has 0 radical (unpaired) electrons. The lowest BCUT2D eigenvalue weighted by molar-refractivity contribution is -0.155. The average Bonchev–Trinajstić information content (AvgIpc) is 3.30. The van der Waals surface area contributed by atoms with E-state index in [-0.39, 0.29) is 30.5 Å². The summed E-state index contributed by atoms with van der Waals surface area (Å²) in [6.07, 6.45) is 6.63. The van der Waals surface area contributed by atoms with E-state index in [0.29, 0.717) is 57.9 Å². The van der Waals surface area contributed by atoms with Gasteiger partial charge in [0, 0.05) is 40.3 Å². The Labute approximate surface area is 220 Å². The summed E-state index contributed by atoms with van der Waals surface area (Å²) < 4.78 is 18.5. The van der Waals surface area contributed by atoms with Gasteiger partial charge in [0.1, 0.15) is 17.2 Å². The third-order valence-electron chi connectivity index (χ3n) is 7.90. The van der Waals surface area contributed by atoms with Gasteiger partial charge in [-0.15, -0.1) is 0 Å². The summed E-state index contributed by atoms with van der Waals surface area (Å²) in [4.78, 5) is 72.7. The van der Waals surface area contributed by atoms with E-state index in [9.17, 15) is 28.4 Å². The first kappa shape index (κ1) is 27.6. The van der Waals surface area contributed by atoms with Gasteiger partial charge in [-0.25, -0.2) is 9.38 Å². The Morgan fingerprint density at radius 2 is 2.05 bits per heavy atom. The first-order valence-electron chi connectivity index (χ1n) is 12.9. The van der Waals surface area contributed by atoms with Gasteiger partial charge in [-0.05, 0) is 49.7 Å². The van der Waals surface area contributed by atoms with E-state index in [1.165, 1.54) is 22.0 Å². The number of Topliss-reactive ketones (excluding diaryl/α,β-unsaturated/α-hetero) is 1. The number of aldehydes is 1. The molecule has 4 unspecified atom stereocenters. The van der Waals surface area contributed by atoms with Gasteiger partial charge in [0.2, 0.25) is 5.78 Å². The molecule has 4 atom stereocenters. The zero-order valence-corrected chi connectivity index (χ0v) is 21.7. The van der Waals surface area contributed by atoms with E-state index < -0.39 is 35.1 Å². The number of hydrogen-bond donors (Lipinski definition) is 1. The van der Waals surface area contributed by atoms with Gasteiger partial charge in [-0.2, -0.15) is 0 Å². The standard InChI is InChI=1S/C26H34FN5O6/c1-30-15-18-7-8-26(13-18,31(2)23(36)24(37)32-9-11-38-12-10-32)25(30)29-21(20(34)16-33)22(35)28-14-17-3-5-19(27)6-4-17/h3,5-6,16-18,21H,4,7-15H2,1-2H3,(H,28,35). The van der Waals surface area contributed by atoms with E-state index in [0.717, 1.165) is 6.42 Å². The third-order valence-corrected chi connectivity index (χ3v) is 7.90. The number of likely N-dealkylation sites (tertiary alicyclic amines) is 1. The number of ketones is 1. The predicted octanol–water partition coefficient (Wildman–Crippen LogP) is -0.131. The minimum atomic E-state index is -1.64. The van der Waals surface area contributed by atoms with Gasteiger partial charge >= 0.3 is 11.8 Å². The van der Waals surface area contributed by atoms with E-state index in [4.69, 9.17) is 4.74 Å². The number of carbonyl (C=O) groups excluding carboxylic acids is 5. The van der Waals surface area contributed by atoms with E-state index in [1.54, 1.807) is 25.1 Å². The van der Waals surface area contributed by atoms with Crippen LogP contribution in [0.15, 0.2) is 29.0 Å². The largest absolute Gasteiger partial charge is 0.378 e. The molecule has 0 aromatic carbocycles. The molecule has 2 aliphatic heterocycles. The molecule has 1 saturated carbocycles. The zero-order valence-electron chi connectivity index (χ0n) is 21.7. The van der Waals surface area contributed by atoms with Crippen LogP contribution in [0, 0.1) is 11.8 Å². The smallest absolute Gasteiger partial charge is 0.312 e. The Bertz CT molecular complexity index is 1080. The van der Waals surface area contributed by atoms with Crippen LogP contribution in [0.25, 0.3) is 0 Å². The molecule has 206 valence electrons. The van der Waals surface area contributed by atoms with Crippen molar-refractivity contribution in [2.75, 3.05) is 53.5 Å². The number of amidine groups is 1. The van der Waals surface area contributed by atoms with Crippen molar-refractivity contribution in [1.82, 2.24) is 20.0 Å². The highest BCUT2D eigenvalue weighted by Gasteiger charge is 2.54. The lowest BCUT2D eigenvalue weighted by Gasteiger charge is -2.46. The van der Waals surface area contributed by atoms with Crippen LogP contribution < -0.4 is 5.32 Å². The number of fused-ring (bicyclic) bond motifs is 2. The fourth-order valence-corrected chi connectivity index (χ4v) is 5.78. The monoisotopic (exact) mass is 531 g/mol. The van der Waals surface area contributed by atoms with Crippen LogP contribution in [0.3, 0.4) is 0 Å². The number of carbonyl (C=O) groups is 5. The van der Waals surface area contributed by atoms with Crippen LogP contribution in [0.5, 0.6) is 0 Å². The number of amides is 3. The summed E-state index contributed by atoms with van der Waals surface area (Å²) in [7, 11) is 3.32. The SMILES string of the molecule is CN1CC2CCC(N(C)C(=O)C(=O)N3CCOCC3)(C2)C1=NC(C(=O)C=O)C(=O)NCC1C=CC(F)=CC1. The lowest BCUT2D eigenvalue weighted by Crippen LogP contribution is -2.63. The Kier molecular flexibility index (Phi) is 8.39. The highest BCUT2D eigenvalue weighted by Crippen LogP contribution is 2.44. The molecule has 0 aromatic rings. The van der Waals surface area contributed by atoms with Crippen LogP contribution in [0.1, 0.15) is 25.7 Å². The van der Waals surface area contributed by atoms with Gasteiger partial charge in [0.25, 0.3) is 5.91 Å². The fraction of sp³-hybridized carbons (Fsp3) is 0.615. The predicted molar refractivity (Wildman–Crippen MR) is 135 cm³/mol. The second-order valence-electron chi connectivity index (χ2n) is 10.4. The summed E-state index contributed by atoms with van der Waals surface area (Å²) in [5.41, 5.74) is -0.993. The molecule has 2 aliphatic carbocycles. The van der Waals surface area contributed by atoms with Crippen molar-refractivity contribution in [3.63, 3.8) is 0 Å². The van der Waals surface area contributed by atoms with E-state index in [1.807, 2.05) is 0 Å². The minimum absolute atomic E-state index is 0.0662. The normalized spacial score (nSPS) is 28.5. The zero-order chi connectivity index (χ0) is 27.4. The highest BCUT2D eigenvalue weighted by atomic mass is 19.1. The Morgan fingerprint density at radius 1 is 1.32 bits per heavy atom. The number of nitrogens with one attached hydrogen (secondary N) is 1. The average molecular weight is 532 g/mol. The van der Waals surface area contributed by atoms with Crippen molar-refractivity contribution < 1.29 is 33.1 Å². The quantitative estimate of drug-likeness (QED) is 0.275. The summed E-state index contributed by atoms with van der Waals surface area (Å²) in [6.45, 7) is 2.11. The number of likely N-dealkylation sites (N-methyl/N-ethyl adjacent to an activating group) is 2. The molecule has 2 heterocycles. The second-order valence-corrected chi connectivity index (χ2v) is 10.4. The van der Waals surface area contributed by atoms with Crippen LogP contribution >= 0.6 is 0 Å². The molecule has 2 bridgehead atoms. The molecule has 4 aliphatic rings. The maximum Gasteiger partial charge on any atom is 0.312 e. The first-order chi connectivity index (χ1) is 18.2.